The van der Waals surface area contributed by atoms with Gasteiger partial charge in [-0.15, -0.1) is 11.3 Å². The number of aromatic amines is 1. The van der Waals surface area contributed by atoms with Crippen molar-refractivity contribution in [3.8, 4) is 11.3 Å². The van der Waals surface area contributed by atoms with Crippen molar-refractivity contribution >= 4 is 28.3 Å². The molecule has 0 bridgehead atoms. The molecule has 0 unspecified atom stereocenters. The number of nitrogens with zero attached hydrogens (tertiary/aromatic N) is 3. The van der Waals surface area contributed by atoms with Gasteiger partial charge in [0, 0.05) is 17.1 Å². The van der Waals surface area contributed by atoms with Gasteiger partial charge >= 0.3 is 0 Å². The van der Waals surface area contributed by atoms with E-state index in [1.54, 1.807) is 18.5 Å². The Bertz CT molecular complexity index is 1190. The molecule has 0 aliphatic heterocycles. The van der Waals surface area contributed by atoms with Gasteiger partial charge < -0.3 is 10.7 Å². The van der Waals surface area contributed by atoms with E-state index in [-0.39, 0.29) is 5.91 Å². The van der Waals surface area contributed by atoms with E-state index in [1.807, 2.05) is 47.3 Å². The largest absolute Gasteiger partial charge is 0.364 e. The standard InChI is InChI=1S/C21H20N6O2S/c1-2-18-15(10-24-27(18)11-13-6-4-3-5-7-13)20(29)26-21-25-17(12-30-21)14-8-16(19(22)28)23-9-14/h3-10,12,23H,2,11H2,1H3,(H2,22,28)(H,25,26,29). The highest BCUT2D eigenvalue weighted by atomic mass is 32.1. The van der Waals surface area contributed by atoms with Crippen LogP contribution in [0.25, 0.3) is 11.3 Å². The number of benzene rings is 1. The first-order chi connectivity index (χ1) is 14.5. The molecule has 3 aromatic heterocycles. The van der Waals surface area contributed by atoms with Crippen molar-refractivity contribution in [3.63, 3.8) is 0 Å². The third-order valence-corrected chi connectivity index (χ3v) is 5.43. The molecule has 152 valence electrons. The molecule has 3 heterocycles. The summed E-state index contributed by atoms with van der Waals surface area (Å²) in [6.07, 6.45) is 3.93. The van der Waals surface area contributed by atoms with Crippen LogP contribution < -0.4 is 11.1 Å². The molecule has 4 aromatic rings. The van der Waals surface area contributed by atoms with E-state index in [1.165, 1.54) is 11.3 Å². The topological polar surface area (TPSA) is 119 Å². The molecule has 0 atom stereocenters. The van der Waals surface area contributed by atoms with E-state index in [0.717, 1.165) is 16.8 Å². The highest BCUT2D eigenvalue weighted by molar-refractivity contribution is 7.14. The summed E-state index contributed by atoms with van der Waals surface area (Å²) >= 11 is 1.31. The van der Waals surface area contributed by atoms with Crippen LogP contribution in [0.1, 0.15) is 39.0 Å². The highest BCUT2D eigenvalue weighted by Gasteiger charge is 2.18. The molecule has 1 aromatic carbocycles. The second-order valence-corrected chi connectivity index (χ2v) is 7.52. The van der Waals surface area contributed by atoms with Crippen LogP contribution in [-0.4, -0.2) is 31.6 Å². The molecular weight excluding hydrogens is 400 g/mol. The number of anilines is 1. The molecule has 2 amide bonds. The van der Waals surface area contributed by atoms with Crippen LogP contribution in [0.15, 0.2) is 54.2 Å². The second-order valence-electron chi connectivity index (χ2n) is 6.66. The first-order valence-corrected chi connectivity index (χ1v) is 10.3. The Balaban J connectivity index is 1.50. The van der Waals surface area contributed by atoms with Crippen molar-refractivity contribution in [1.82, 2.24) is 19.7 Å². The maximum Gasteiger partial charge on any atom is 0.265 e. The average Bonchev–Trinajstić information content (AvgIpc) is 3.48. The van der Waals surface area contributed by atoms with Crippen molar-refractivity contribution in [2.45, 2.75) is 19.9 Å². The van der Waals surface area contributed by atoms with Gasteiger partial charge in [0.2, 0.25) is 0 Å². The van der Waals surface area contributed by atoms with E-state index in [2.05, 4.69) is 20.4 Å². The fraction of sp³-hybridized carbons (Fsp3) is 0.143. The number of hydrogen-bond acceptors (Lipinski definition) is 5. The van der Waals surface area contributed by atoms with Crippen LogP contribution in [0.3, 0.4) is 0 Å². The monoisotopic (exact) mass is 420 g/mol. The van der Waals surface area contributed by atoms with E-state index in [9.17, 15) is 9.59 Å². The van der Waals surface area contributed by atoms with Crippen molar-refractivity contribution in [2.75, 3.05) is 5.32 Å². The van der Waals surface area contributed by atoms with Crippen LogP contribution in [0.4, 0.5) is 5.13 Å². The van der Waals surface area contributed by atoms with Crippen LogP contribution in [-0.2, 0) is 13.0 Å². The van der Waals surface area contributed by atoms with Gasteiger partial charge in [-0.3, -0.25) is 19.6 Å². The van der Waals surface area contributed by atoms with Gasteiger partial charge in [-0.25, -0.2) is 4.98 Å². The van der Waals surface area contributed by atoms with E-state index in [0.29, 0.717) is 35.0 Å². The van der Waals surface area contributed by atoms with Crippen LogP contribution in [0, 0.1) is 0 Å². The number of nitrogens with two attached hydrogens (primary N) is 1. The molecule has 30 heavy (non-hydrogen) atoms. The molecule has 0 spiro atoms. The minimum absolute atomic E-state index is 0.251. The van der Waals surface area contributed by atoms with E-state index in [4.69, 9.17) is 5.73 Å². The summed E-state index contributed by atoms with van der Waals surface area (Å²) in [5.41, 5.74) is 9.46. The molecule has 0 aliphatic rings. The summed E-state index contributed by atoms with van der Waals surface area (Å²) in [5, 5.41) is 9.53. The van der Waals surface area contributed by atoms with E-state index >= 15 is 0 Å². The predicted molar refractivity (Wildman–Crippen MR) is 116 cm³/mol. The highest BCUT2D eigenvalue weighted by Crippen LogP contribution is 2.26. The minimum atomic E-state index is -0.537. The Morgan fingerprint density at radius 1 is 1.27 bits per heavy atom. The molecule has 0 fully saturated rings. The zero-order chi connectivity index (χ0) is 21.1. The van der Waals surface area contributed by atoms with Crippen LogP contribution >= 0.6 is 11.3 Å². The lowest BCUT2D eigenvalue weighted by Crippen LogP contribution is -2.15. The fourth-order valence-electron chi connectivity index (χ4n) is 3.18. The second kappa shape index (κ2) is 8.34. The quantitative estimate of drug-likeness (QED) is 0.425. The Labute approximate surface area is 176 Å². The number of carbonyl (C=O) groups is 2. The molecule has 4 N–H and O–H groups in total. The number of H-pyrrole nitrogens is 1. The lowest BCUT2D eigenvalue weighted by Gasteiger charge is -2.08. The maximum atomic E-state index is 12.8. The summed E-state index contributed by atoms with van der Waals surface area (Å²) in [7, 11) is 0. The first kappa shape index (κ1) is 19.6. The number of amides is 2. The Kier molecular flexibility index (Phi) is 5.44. The number of hydrogen-bond donors (Lipinski definition) is 3. The maximum absolute atomic E-state index is 12.8. The van der Waals surface area contributed by atoms with Crippen molar-refractivity contribution in [1.29, 1.82) is 0 Å². The van der Waals surface area contributed by atoms with Gasteiger partial charge in [-0.1, -0.05) is 37.3 Å². The summed E-state index contributed by atoms with van der Waals surface area (Å²) in [4.78, 5) is 31.3. The summed E-state index contributed by atoms with van der Waals surface area (Å²) in [6.45, 7) is 2.60. The van der Waals surface area contributed by atoms with Gasteiger partial charge in [0.05, 0.1) is 29.7 Å². The summed E-state index contributed by atoms with van der Waals surface area (Å²) in [6, 6.07) is 11.6. The van der Waals surface area contributed by atoms with Crippen molar-refractivity contribution in [3.05, 3.63) is 76.7 Å². The zero-order valence-electron chi connectivity index (χ0n) is 16.3. The van der Waals surface area contributed by atoms with Crippen molar-refractivity contribution in [2.24, 2.45) is 5.73 Å². The molecule has 9 heteroatoms. The predicted octanol–water partition coefficient (Wildman–Crippen LogP) is 3.30. The molecule has 0 aliphatic carbocycles. The SMILES string of the molecule is CCc1c(C(=O)Nc2nc(-c3c[nH]c(C(N)=O)c3)cs2)cnn1Cc1ccccc1. The van der Waals surface area contributed by atoms with Gasteiger partial charge in [0.1, 0.15) is 5.69 Å². The Morgan fingerprint density at radius 3 is 2.77 bits per heavy atom. The number of thiazole rings is 1. The summed E-state index contributed by atoms with van der Waals surface area (Å²) in [5.74, 6) is -0.788. The molecule has 4 rings (SSSR count). The molecular formula is C21H20N6O2S. The minimum Gasteiger partial charge on any atom is -0.364 e. The third-order valence-electron chi connectivity index (χ3n) is 4.67. The van der Waals surface area contributed by atoms with Gasteiger partial charge in [-0.2, -0.15) is 5.10 Å². The van der Waals surface area contributed by atoms with Crippen LogP contribution in [0.5, 0.6) is 0 Å². The zero-order valence-corrected chi connectivity index (χ0v) is 17.1. The Hall–Kier alpha value is -3.72. The van der Waals surface area contributed by atoms with E-state index < -0.39 is 5.91 Å². The normalized spacial score (nSPS) is 10.8. The summed E-state index contributed by atoms with van der Waals surface area (Å²) < 4.78 is 1.85. The smallest absolute Gasteiger partial charge is 0.265 e. The average molecular weight is 420 g/mol. The molecule has 0 saturated heterocycles. The first-order valence-electron chi connectivity index (χ1n) is 9.39. The Morgan fingerprint density at radius 2 is 2.07 bits per heavy atom. The fourth-order valence-corrected chi connectivity index (χ4v) is 3.89. The van der Waals surface area contributed by atoms with Crippen LogP contribution in [0.2, 0.25) is 0 Å². The molecule has 8 nitrogen and oxygen atoms in total. The number of rotatable bonds is 7. The number of aromatic nitrogens is 4. The van der Waals surface area contributed by atoms with Gasteiger partial charge in [0.25, 0.3) is 11.8 Å². The lowest BCUT2D eigenvalue weighted by atomic mass is 10.2. The number of nitrogens with one attached hydrogen (secondary N) is 2. The molecule has 0 saturated carbocycles. The molecule has 0 radical (unpaired) electrons. The lowest BCUT2D eigenvalue weighted by molar-refractivity contribution is 0.0993. The van der Waals surface area contributed by atoms with Gasteiger partial charge in [0.15, 0.2) is 5.13 Å². The van der Waals surface area contributed by atoms with Gasteiger partial charge in [-0.05, 0) is 18.1 Å². The number of primary amides is 1. The third kappa shape index (κ3) is 4.01. The van der Waals surface area contributed by atoms with Crippen molar-refractivity contribution < 1.29 is 9.59 Å². The number of carbonyl (C=O) groups excluding carboxylic acids is 2.